The zero-order valence-corrected chi connectivity index (χ0v) is 15.2. The summed E-state index contributed by atoms with van der Waals surface area (Å²) >= 11 is 1.61. The second-order valence-electron chi connectivity index (χ2n) is 6.22. The summed E-state index contributed by atoms with van der Waals surface area (Å²) in [5.74, 6) is -1.26. The monoisotopic (exact) mass is 369 g/mol. The van der Waals surface area contributed by atoms with Gasteiger partial charge in [0.15, 0.2) is 0 Å². The van der Waals surface area contributed by atoms with Crippen LogP contribution >= 0.6 is 11.3 Å². The smallest absolute Gasteiger partial charge is 0.326 e. The van der Waals surface area contributed by atoms with Gasteiger partial charge in [0.2, 0.25) is 0 Å². The average Bonchev–Trinajstić information content (AvgIpc) is 3.04. The molecule has 0 aliphatic carbocycles. The summed E-state index contributed by atoms with van der Waals surface area (Å²) in [6.07, 6.45) is 0. The third-order valence-electron chi connectivity index (χ3n) is 3.90. The van der Waals surface area contributed by atoms with Crippen LogP contribution in [-0.4, -0.2) is 28.1 Å². The van der Waals surface area contributed by atoms with Gasteiger partial charge < -0.3 is 15.7 Å². The fourth-order valence-electron chi connectivity index (χ4n) is 2.51. The van der Waals surface area contributed by atoms with Crippen molar-refractivity contribution in [1.29, 1.82) is 0 Å². The fraction of sp³-hybridized carbons (Fsp3) is 0.211. The normalized spacial score (nSPS) is 12.1. The molecule has 0 bridgehead atoms. The summed E-state index contributed by atoms with van der Waals surface area (Å²) in [7, 11) is 0. The number of anilines is 1. The molecule has 6 nitrogen and oxygen atoms in total. The zero-order chi connectivity index (χ0) is 18.7. The van der Waals surface area contributed by atoms with Crippen molar-refractivity contribution < 1.29 is 14.7 Å². The number of carbonyl (C=O) groups is 2. The topological polar surface area (TPSA) is 91.3 Å². The molecule has 0 fully saturated rings. The second-order valence-corrected chi connectivity index (χ2v) is 7.25. The zero-order valence-electron chi connectivity index (χ0n) is 14.4. The highest BCUT2D eigenvalue weighted by atomic mass is 32.1. The van der Waals surface area contributed by atoms with Gasteiger partial charge in [-0.25, -0.2) is 14.6 Å². The van der Waals surface area contributed by atoms with Gasteiger partial charge in [-0.1, -0.05) is 26.0 Å². The Hall–Kier alpha value is -2.93. The third-order valence-corrected chi connectivity index (χ3v) is 4.99. The molecule has 2 aromatic carbocycles. The predicted molar refractivity (Wildman–Crippen MR) is 103 cm³/mol. The number of hydrogen-bond donors (Lipinski definition) is 3. The molecule has 0 saturated heterocycles. The van der Waals surface area contributed by atoms with Crippen molar-refractivity contribution in [1.82, 2.24) is 10.3 Å². The number of hydrogen-bond acceptors (Lipinski definition) is 4. The van der Waals surface area contributed by atoms with Crippen LogP contribution in [-0.2, 0) is 4.79 Å². The molecule has 0 radical (unpaired) electrons. The summed E-state index contributed by atoms with van der Waals surface area (Å²) in [5, 5.41) is 15.2. The maximum absolute atomic E-state index is 12.0. The molecule has 0 aliphatic rings. The van der Waals surface area contributed by atoms with E-state index in [2.05, 4.69) is 15.6 Å². The number of benzene rings is 2. The van der Waals surface area contributed by atoms with Gasteiger partial charge in [0.25, 0.3) is 0 Å². The van der Waals surface area contributed by atoms with Gasteiger partial charge in [0, 0.05) is 11.3 Å². The van der Waals surface area contributed by atoms with E-state index in [1.807, 2.05) is 36.4 Å². The highest BCUT2D eigenvalue weighted by molar-refractivity contribution is 7.21. The molecule has 26 heavy (non-hydrogen) atoms. The first-order chi connectivity index (χ1) is 12.4. The number of nitrogens with zero attached hydrogens (tertiary/aromatic N) is 1. The number of urea groups is 1. The van der Waals surface area contributed by atoms with Crippen molar-refractivity contribution >= 4 is 39.2 Å². The summed E-state index contributed by atoms with van der Waals surface area (Å²) < 4.78 is 1.12. The van der Waals surface area contributed by atoms with Crippen LogP contribution in [0.4, 0.5) is 10.5 Å². The first-order valence-electron chi connectivity index (χ1n) is 8.20. The number of para-hydroxylation sites is 1. The molecule has 7 heteroatoms. The Bertz CT molecular complexity index is 902. The van der Waals surface area contributed by atoms with Crippen molar-refractivity contribution in [2.75, 3.05) is 5.32 Å². The van der Waals surface area contributed by atoms with Gasteiger partial charge in [0.05, 0.1) is 10.2 Å². The van der Waals surface area contributed by atoms with Crippen LogP contribution in [0.3, 0.4) is 0 Å². The van der Waals surface area contributed by atoms with Crippen LogP contribution in [0.2, 0.25) is 0 Å². The van der Waals surface area contributed by atoms with Crippen LogP contribution in [0.1, 0.15) is 13.8 Å². The highest BCUT2D eigenvalue weighted by Gasteiger charge is 2.23. The molecule has 3 aromatic rings. The minimum Gasteiger partial charge on any atom is -0.480 e. The lowest BCUT2D eigenvalue weighted by Crippen LogP contribution is -2.46. The lowest BCUT2D eigenvalue weighted by atomic mass is 10.1. The van der Waals surface area contributed by atoms with Gasteiger partial charge in [0.1, 0.15) is 11.0 Å². The van der Waals surface area contributed by atoms with Crippen molar-refractivity contribution in [2.45, 2.75) is 19.9 Å². The van der Waals surface area contributed by atoms with Crippen LogP contribution in [0.25, 0.3) is 20.8 Å². The summed E-state index contributed by atoms with van der Waals surface area (Å²) in [6.45, 7) is 3.48. The van der Waals surface area contributed by atoms with Crippen molar-refractivity contribution in [3.8, 4) is 10.6 Å². The van der Waals surface area contributed by atoms with Crippen LogP contribution in [0.5, 0.6) is 0 Å². The number of carboxylic acid groups (broad SMARTS) is 1. The summed E-state index contributed by atoms with van der Waals surface area (Å²) in [5.41, 5.74) is 2.51. The van der Waals surface area contributed by atoms with Gasteiger partial charge in [-0.15, -0.1) is 11.3 Å². The average molecular weight is 369 g/mol. The van der Waals surface area contributed by atoms with Gasteiger partial charge >= 0.3 is 12.0 Å². The van der Waals surface area contributed by atoms with Gasteiger partial charge in [-0.3, -0.25) is 0 Å². The number of aliphatic carboxylic acids is 1. The Balaban J connectivity index is 1.69. The number of fused-ring (bicyclic) bond motifs is 1. The van der Waals surface area contributed by atoms with Crippen LogP contribution < -0.4 is 10.6 Å². The SMILES string of the molecule is CC(C)C(NC(=O)Nc1ccc(-c2nc3ccccc3s2)cc1)C(=O)O. The third kappa shape index (κ3) is 4.00. The molecule has 1 atom stereocenters. The Morgan fingerprint density at radius 1 is 1.08 bits per heavy atom. The Morgan fingerprint density at radius 3 is 2.38 bits per heavy atom. The molecule has 134 valence electrons. The molecular formula is C19H19N3O3S. The van der Waals surface area contributed by atoms with E-state index in [0.29, 0.717) is 5.69 Å². The molecule has 3 N–H and O–H groups in total. The van der Waals surface area contributed by atoms with E-state index in [1.54, 1.807) is 37.3 Å². The Morgan fingerprint density at radius 2 is 1.77 bits per heavy atom. The predicted octanol–water partition coefficient (Wildman–Crippen LogP) is 4.19. The van der Waals surface area contributed by atoms with E-state index in [0.717, 1.165) is 20.8 Å². The number of carbonyl (C=O) groups excluding carboxylic acids is 1. The van der Waals surface area contributed by atoms with Crippen molar-refractivity contribution in [3.63, 3.8) is 0 Å². The molecule has 1 unspecified atom stereocenters. The maximum atomic E-state index is 12.0. The molecule has 0 aliphatic heterocycles. The van der Waals surface area contributed by atoms with E-state index in [4.69, 9.17) is 5.11 Å². The molecule has 3 rings (SSSR count). The largest absolute Gasteiger partial charge is 0.480 e. The molecule has 2 amide bonds. The maximum Gasteiger partial charge on any atom is 0.326 e. The second kappa shape index (κ2) is 7.53. The molecular weight excluding hydrogens is 350 g/mol. The highest BCUT2D eigenvalue weighted by Crippen LogP contribution is 2.30. The first kappa shape index (κ1) is 17.9. The Labute approximate surface area is 154 Å². The van der Waals surface area contributed by atoms with E-state index in [9.17, 15) is 9.59 Å². The standard InChI is InChI=1S/C19H19N3O3S/c1-11(2)16(18(23)24)22-19(25)20-13-9-7-12(8-10-13)17-21-14-5-3-4-6-15(14)26-17/h3-11,16H,1-2H3,(H,23,24)(H2,20,22,25). The van der Waals surface area contributed by atoms with E-state index >= 15 is 0 Å². The van der Waals surface area contributed by atoms with Crippen LogP contribution in [0, 0.1) is 5.92 Å². The number of nitrogens with one attached hydrogen (secondary N) is 2. The number of rotatable bonds is 5. The number of carboxylic acids is 1. The first-order valence-corrected chi connectivity index (χ1v) is 9.02. The van der Waals surface area contributed by atoms with Crippen molar-refractivity contribution in [2.24, 2.45) is 5.92 Å². The van der Waals surface area contributed by atoms with E-state index < -0.39 is 18.0 Å². The molecule has 1 heterocycles. The lowest BCUT2D eigenvalue weighted by molar-refractivity contribution is -0.140. The molecule has 0 spiro atoms. The van der Waals surface area contributed by atoms with Gasteiger partial charge in [-0.05, 0) is 42.3 Å². The van der Waals surface area contributed by atoms with E-state index in [-0.39, 0.29) is 5.92 Å². The number of amides is 2. The quantitative estimate of drug-likeness (QED) is 0.629. The minimum atomic E-state index is -1.05. The van der Waals surface area contributed by atoms with E-state index in [1.165, 1.54) is 0 Å². The number of thiazole rings is 1. The Kier molecular flexibility index (Phi) is 5.18. The van der Waals surface area contributed by atoms with Gasteiger partial charge in [-0.2, -0.15) is 0 Å². The molecule has 1 aromatic heterocycles. The number of aromatic nitrogens is 1. The lowest BCUT2D eigenvalue weighted by Gasteiger charge is -2.18. The molecule has 0 saturated carbocycles. The van der Waals surface area contributed by atoms with Crippen LogP contribution in [0.15, 0.2) is 48.5 Å². The summed E-state index contributed by atoms with van der Waals surface area (Å²) in [4.78, 5) is 27.8. The minimum absolute atomic E-state index is 0.209. The fourth-order valence-corrected chi connectivity index (χ4v) is 3.48. The van der Waals surface area contributed by atoms with Crippen molar-refractivity contribution in [3.05, 3.63) is 48.5 Å². The summed E-state index contributed by atoms with van der Waals surface area (Å²) in [6, 6.07) is 13.8.